The van der Waals surface area contributed by atoms with E-state index in [0.29, 0.717) is 19.4 Å². The third kappa shape index (κ3) is 7.89. The van der Waals surface area contributed by atoms with Gasteiger partial charge in [-0.2, -0.15) is 0 Å². The molecule has 15 heavy (non-hydrogen) atoms. The molecule has 0 aliphatic heterocycles. The van der Waals surface area contributed by atoms with E-state index in [2.05, 4.69) is 4.52 Å². The highest BCUT2D eigenvalue weighted by Gasteiger charge is 2.25. The lowest BCUT2D eigenvalue weighted by Gasteiger charge is -2.10. The SMILES string of the molecule is COP(=O)(O)NS(=O)(=O)CCCCCN. The fourth-order valence-corrected chi connectivity index (χ4v) is 3.53. The van der Waals surface area contributed by atoms with Crippen LogP contribution in [0.15, 0.2) is 0 Å². The zero-order valence-corrected chi connectivity index (χ0v) is 10.3. The molecule has 0 fully saturated rings. The van der Waals surface area contributed by atoms with E-state index in [1.807, 2.05) is 0 Å². The summed E-state index contributed by atoms with van der Waals surface area (Å²) in [5.74, 6) is -0.207. The summed E-state index contributed by atoms with van der Waals surface area (Å²) < 4.78 is 39.0. The molecule has 0 radical (unpaired) electrons. The number of unbranched alkanes of at least 4 members (excludes halogenated alkanes) is 2. The number of rotatable bonds is 8. The zero-order valence-electron chi connectivity index (χ0n) is 8.55. The Balaban J connectivity index is 4.04. The summed E-state index contributed by atoms with van der Waals surface area (Å²) in [5.41, 5.74) is 5.23. The lowest BCUT2D eigenvalue weighted by molar-refractivity contribution is 0.311. The van der Waals surface area contributed by atoms with Crippen LogP contribution in [0.25, 0.3) is 0 Å². The van der Waals surface area contributed by atoms with E-state index >= 15 is 0 Å². The number of sulfonamides is 1. The van der Waals surface area contributed by atoms with E-state index in [1.54, 1.807) is 4.49 Å². The van der Waals surface area contributed by atoms with E-state index in [-0.39, 0.29) is 5.75 Å². The first-order valence-electron chi connectivity index (χ1n) is 4.43. The highest BCUT2D eigenvalue weighted by atomic mass is 32.2. The molecule has 0 aliphatic rings. The van der Waals surface area contributed by atoms with E-state index in [0.717, 1.165) is 13.5 Å². The minimum Gasteiger partial charge on any atom is -0.330 e. The number of nitrogens with two attached hydrogens (primary N) is 1. The van der Waals surface area contributed by atoms with Crippen molar-refractivity contribution >= 4 is 17.8 Å². The maximum Gasteiger partial charge on any atom is 0.416 e. The molecule has 1 unspecified atom stereocenters. The summed E-state index contributed by atoms with van der Waals surface area (Å²) in [6, 6.07) is 0. The van der Waals surface area contributed by atoms with Gasteiger partial charge in [-0.1, -0.05) is 6.42 Å². The summed E-state index contributed by atoms with van der Waals surface area (Å²) >= 11 is 0. The normalized spacial score (nSPS) is 16.2. The fraction of sp³-hybridized carbons (Fsp3) is 1.00. The van der Waals surface area contributed by atoms with Crippen molar-refractivity contribution in [2.75, 3.05) is 19.4 Å². The Kier molecular flexibility index (Phi) is 6.58. The molecule has 0 spiro atoms. The van der Waals surface area contributed by atoms with Crippen molar-refractivity contribution < 1.29 is 22.4 Å². The molecule has 0 aromatic rings. The van der Waals surface area contributed by atoms with Gasteiger partial charge in [0.05, 0.1) is 5.75 Å². The van der Waals surface area contributed by atoms with E-state index in [4.69, 9.17) is 10.6 Å². The molecular weight excluding hydrogens is 243 g/mol. The van der Waals surface area contributed by atoms with E-state index < -0.39 is 17.8 Å². The standard InChI is InChI=1S/C6H17N2O5PS/c1-13-14(9,10)8-15(11,12)6-4-2-3-5-7/h2-7H2,1H3,(H2,8,9,10). The summed E-state index contributed by atoms with van der Waals surface area (Å²) in [7, 11) is -7.02. The predicted molar refractivity (Wildman–Crippen MR) is 56.7 cm³/mol. The summed E-state index contributed by atoms with van der Waals surface area (Å²) in [6.45, 7) is 0.504. The monoisotopic (exact) mass is 260 g/mol. The van der Waals surface area contributed by atoms with Crippen molar-refractivity contribution in [2.45, 2.75) is 19.3 Å². The van der Waals surface area contributed by atoms with Crippen LogP contribution in [0, 0.1) is 0 Å². The van der Waals surface area contributed by atoms with Crippen LogP contribution in [-0.4, -0.2) is 32.7 Å². The van der Waals surface area contributed by atoms with Crippen molar-refractivity contribution in [1.82, 2.24) is 4.49 Å². The van der Waals surface area contributed by atoms with Crippen LogP contribution >= 0.6 is 7.75 Å². The first kappa shape index (κ1) is 15.0. The molecule has 9 heteroatoms. The Hall–Kier alpha value is 0.0200. The Morgan fingerprint density at radius 2 is 2.00 bits per heavy atom. The van der Waals surface area contributed by atoms with Gasteiger partial charge in [-0.05, 0) is 19.4 Å². The van der Waals surface area contributed by atoms with Gasteiger partial charge in [0, 0.05) is 7.11 Å². The Morgan fingerprint density at radius 1 is 1.40 bits per heavy atom. The molecule has 0 amide bonds. The van der Waals surface area contributed by atoms with Gasteiger partial charge in [0.2, 0.25) is 10.0 Å². The van der Waals surface area contributed by atoms with Crippen LogP contribution in [0.3, 0.4) is 0 Å². The number of nitrogens with one attached hydrogen (secondary N) is 1. The first-order valence-corrected chi connectivity index (χ1v) is 7.66. The van der Waals surface area contributed by atoms with Gasteiger partial charge >= 0.3 is 7.75 Å². The van der Waals surface area contributed by atoms with E-state index in [9.17, 15) is 13.0 Å². The molecule has 0 heterocycles. The van der Waals surface area contributed by atoms with Crippen LogP contribution in [0.2, 0.25) is 0 Å². The molecule has 0 aliphatic carbocycles. The quantitative estimate of drug-likeness (QED) is 0.410. The van der Waals surface area contributed by atoms with Crippen LogP contribution in [0.4, 0.5) is 0 Å². The first-order chi connectivity index (χ1) is 6.83. The third-order valence-electron chi connectivity index (χ3n) is 1.62. The van der Waals surface area contributed by atoms with Crippen molar-refractivity contribution in [3.63, 3.8) is 0 Å². The van der Waals surface area contributed by atoms with E-state index in [1.165, 1.54) is 0 Å². The van der Waals surface area contributed by atoms with Crippen molar-refractivity contribution in [1.29, 1.82) is 0 Å². The molecule has 7 nitrogen and oxygen atoms in total. The Bertz CT molecular complexity index is 317. The topological polar surface area (TPSA) is 119 Å². The van der Waals surface area contributed by atoms with Gasteiger partial charge in [0.15, 0.2) is 0 Å². The van der Waals surface area contributed by atoms with Gasteiger partial charge in [-0.15, -0.1) is 4.49 Å². The van der Waals surface area contributed by atoms with Crippen LogP contribution in [0.5, 0.6) is 0 Å². The molecule has 0 aromatic carbocycles. The Labute approximate surface area is 89.6 Å². The second-order valence-corrected chi connectivity index (χ2v) is 6.74. The molecule has 0 saturated heterocycles. The predicted octanol–water partition coefficient (Wildman–Crippen LogP) is -0.218. The minimum atomic E-state index is -4.21. The second-order valence-electron chi connectivity index (χ2n) is 2.96. The van der Waals surface area contributed by atoms with Crippen LogP contribution in [-0.2, 0) is 19.1 Å². The van der Waals surface area contributed by atoms with Crippen molar-refractivity contribution in [3.8, 4) is 0 Å². The highest BCUT2D eigenvalue weighted by molar-refractivity contribution is 7.94. The second kappa shape index (κ2) is 6.57. The lowest BCUT2D eigenvalue weighted by atomic mass is 10.2. The largest absolute Gasteiger partial charge is 0.416 e. The minimum absolute atomic E-state index is 0.207. The third-order valence-corrected chi connectivity index (χ3v) is 4.98. The summed E-state index contributed by atoms with van der Waals surface area (Å²) in [4.78, 5) is 8.88. The molecule has 0 bridgehead atoms. The van der Waals surface area contributed by atoms with Crippen LogP contribution in [0.1, 0.15) is 19.3 Å². The average molecular weight is 260 g/mol. The van der Waals surface area contributed by atoms with Gasteiger partial charge < -0.3 is 10.6 Å². The average Bonchev–Trinajstić information content (AvgIpc) is 2.11. The highest BCUT2D eigenvalue weighted by Crippen LogP contribution is 2.36. The van der Waals surface area contributed by atoms with Gasteiger partial charge in [-0.25, -0.2) is 13.0 Å². The smallest absolute Gasteiger partial charge is 0.330 e. The molecule has 0 rings (SSSR count). The zero-order chi connectivity index (χ0) is 11.9. The van der Waals surface area contributed by atoms with Crippen molar-refractivity contribution in [2.24, 2.45) is 5.73 Å². The van der Waals surface area contributed by atoms with Gasteiger partial charge in [-0.3, -0.25) is 4.52 Å². The van der Waals surface area contributed by atoms with Gasteiger partial charge in [0.25, 0.3) is 0 Å². The lowest BCUT2D eigenvalue weighted by Crippen LogP contribution is -2.24. The Morgan fingerprint density at radius 3 is 2.47 bits per heavy atom. The fourth-order valence-electron chi connectivity index (χ4n) is 0.872. The maximum atomic E-state index is 11.2. The summed E-state index contributed by atoms with van der Waals surface area (Å²) in [5, 5.41) is 0. The van der Waals surface area contributed by atoms with Crippen LogP contribution < -0.4 is 10.2 Å². The maximum absolute atomic E-state index is 11.2. The molecule has 0 aromatic heterocycles. The summed E-state index contributed by atoms with van der Waals surface area (Å²) in [6.07, 6.45) is 1.80. The molecular formula is C6H17N2O5PS. The molecule has 4 N–H and O–H groups in total. The van der Waals surface area contributed by atoms with Crippen molar-refractivity contribution in [3.05, 3.63) is 0 Å². The number of hydrogen-bond acceptors (Lipinski definition) is 5. The number of hydrogen-bond donors (Lipinski definition) is 3. The molecule has 92 valence electrons. The molecule has 0 saturated carbocycles. The molecule has 1 atom stereocenters. The van der Waals surface area contributed by atoms with Gasteiger partial charge in [0.1, 0.15) is 0 Å².